The summed E-state index contributed by atoms with van der Waals surface area (Å²) in [6.07, 6.45) is 8.77. The molecule has 1 unspecified atom stereocenters. The van der Waals surface area contributed by atoms with Gasteiger partial charge in [-0.25, -0.2) is 0 Å². The minimum atomic E-state index is -0.593. The predicted octanol–water partition coefficient (Wildman–Crippen LogP) is 2.54. The molecule has 3 amide bonds. The lowest BCUT2D eigenvalue weighted by molar-refractivity contribution is -0.136. The smallest absolute Gasteiger partial charge is 0.255 e. The van der Waals surface area contributed by atoms with Crippen LogP contribution in [0.1, 0.15) is 73.7 Å². The number of rotatable bonds is 7. The second-order valence-corrected chi connectivity index (χ2v) is 10.1. The lowest BCUT2D eigenvalue weighted by atomic mass is 9.91. The monoisotopic (exact) mass is 469 g/mol. The van der Waals surface area contributed by atoms with Crippen molar-refractivity contribution in [3.8, 4) is 5.75 Å². The fraction of sp³-hybridized carbons (Fsp3) is 0.654. The van der Waals surface area contributed by atoms with Crippen LogP contribution in [0.15, 0.2) is 18.2 Å². The molecule has 0 spiro atoms. The van der Waals surface area contributed by atoms with E-state index in [1.54, 1.807) is 4.90 Å². The highest BCUT2D eigenvalue weighted by Gasteiger charge is 2.39. The van der Waals surface area contributed by atoms with Gasteiger partial charge in [0.25, 0.3) is 5.91 Å². The molecule has 3 fully saturated rings. The number of hydrogen-bond donors (Lipinski definition) is 2. The van der Waals surface area contributed by atoms with Gasteiger partial charge in [-0.1, -0.05) is 6.42 Å². The number of nitrogens with zero attached hydrogens (tertiary/aromatic N) is 1. The highest BCUT2D eigenvalue weighted by Crippen LogP contribution is 2.32. The molecule has 0 bridgehead atoms. The Morgan fingerprint density at radius 3 is 2.71 bits per heavy atom. The number of carbonyl (C=O) groups excluding carboxylic acids is 3. The maximum atomic E-state index is 12.9. The standard InChI is InChI=1S/C26H35N3O5/c30-24-8-7-22(25(31)28-24)29-16-18-15-19(5-6-20(18)26(29)32)34-23-4-2-1-3-21(23)27-12-9-17-10-13-33-14-11-17/h5-6,15,17,21-23,27H,1-4,7-14,16H2,(H,28,30,31)/t21-,22?,23-/m0/s1. The topological polar surface area (TPSA) is 97.0 Å². The molecular formula is C26H35N3O5. The van der Waals surface area contributed by atoms with Crippen molar-refractivity contribution in [1.29, 1.82) is 0 Å². The van der Waals surface area contributed by atoms with Gasteiger partial charge in [-0.2, -0.15) is 0 Å². The molecule has 3 heterocycles. The number of hydrogen-bond acceptors (Lipinski definition) is 6. The first-order chi connectivity index (χ1) is 16.6. The molecule has 4 aliphatic rings. The van der Waals surface area contributed by atoms with Crippen LogP contribution in [0.3, 0.4) is 0 Å². The molecule has 184 valence electrons. The number of piperidine rings is 1. The Morgan fingerprint density at radius 2 is 1.88 bits per heavy atom. The fourth-order valence-electron chi connectivity index (χ4n) is 5.78. The van der Waals surface area contributed by atoms with Gasteiger partial charge in [0.2, 0.25) is 11.8 Å². The van der Waals surface area contributed by atoms with E-state index in [1.165, 1.54) is 12.8 Å². The highest BCUT2D eigenvalue weighted by atomic mass is 16.5. The zero-order valence-corrected chi connectivity index (χ0v) is 19.7. The van der Waals surface area contributed by atoms with E-state index in [0.717, 1.165) is 69.1 Å². The number of benzene rings is 1. The van der Waals surface area contributed by atoms with Crippen molar-refractivity contribution in [2.75, 3.05) is 19.8 Å². The largest absolute Gasteiger partial charge is 0.489 e. The van der Waals surface area contributed by atoms with Crippen LogP contribution >= 0.6 is 0 Å². The number of imide groups is 1. The van der Waals surface area contributed by atoms with Gasteiger partial charge in [-0.3, -0.25) is 19.7 Å². The first-order valence-corrected chi connectivity index (χ1v) is 12.8. The van der Waals surface area contributed by atoms with Crippen molar-refractivity contribution in [3.05, 3.63) is 29.3 Å². The molecule has 1 aromatic carbocycles. The van der Waals surface area contributed by atoms with Gasteiger partial charge in [0.1, 0.15) is 17.9 Å². The molecule has 2 N–H and O–H groups in total. The van der Waals surface area contributed by atoms with Crippen LogP contribution in [0.2, 0.25) is 0 Å². The SMILES string of the molecule is O=C1CCC(N2Cc3cc(O[C@H]4CCCC[C@@H]4NCCC4CCOCC4)ccc3C2=O)C(=O)N1. The fourth-order valence-corrected chi connectivity index (χ4v) is 5.78. The Hall–Kier alpha value is -2.45. The minimum Gasteiger partial charge on any atom is -0.489 e. The van der Waals surface area contributed by atoms with Gasteiger partial charge in [0, 0.05) is 37.8 Å². The number of carbonyl (C=O) groups is 3. The van der Waals surface area contributed by atoms with Crippen LogP contribution in [-0.2, 0) is 20.9 Å². The molecular weight excluding hydrogens is 434 g/mol. The predicted molar refractivity (Wildman–Crippen MR) is 125 cm³/mol. The highest BCUT2D eigenvalue weighted by molar-refractivity contribution is 6.05. The number of nitrogens with one attached hydrogen (secondary N) is 2. The molecule has 2 saturated heterocycles. The van der Waals surface area contributed by atoms with Gasteiger partial charge in [-0.05, 0) is 81.2 Å². The third-order valence-corrected chi connectivity index (χ3v) is 7.78. The molecule has 34 heavy (non-hydrogen) atoms. The summed E-state index contributed by atoms with van der Waals surface area (Å²) < 4.78 is 11.9. The molecule has 8 nitrogen and oxygen atoms in total. The molecule has 1 aromatic rings. The van der Waals surface area contributed by atoms with Gasteiger partial charge < -0.3 is 19.7 Å². The van der Waals surface area contributed by atoms with Gasteiger partial charge in [-0.15, -0.1) is 0 Å². The van der Waals surface area contributed by atoms with Crippen molar-refractivity contribution in [1.82, 2.24) is 15.5 Å². The van der Waals surface area contributed by atoms with Crippen molar-refractivity contribution < 1.29 is 23.9 Å². The summed E-state index contributed by atoms with van der Waals surface area (Å²) in [6, 6.07) is 5.38. The van der Waals surface area contributed by atoms with E-state index in [4.69, 9.17) is 9.47 Å². The summed E-state index contributed by atoms with van der Waals surface area (Å²) in [4.78, 5) is 38.3. The lowest BCUT2D eigenvalue weighted by Crippen LogP contribution is -2.52. The van der Waals surface area contributed by atoms with Gasteiger partial charge in [0.05, 0.1) is 0 Å². The van der Waals surface area contributed by atoms with E-state index in [2.05, 4.69) is 10.6 Å². The molecule has 1 aliphatic carbocycles. The van der Waals surface area contributed by atoms with E-state index in [1.807, 2.05) is 18.2 Å². The van der Waals surface area contributed by atoms with E-state index in [9.17, 15) is 14.4 Å². The average molecular weight is 470 g/mol. The van der Waals surface area contributed by atoms with Crippen molar-refractivity contribution in [2.45, 2.75) is 82.5 Å². The van der Waals surface area contributed by atoms with Crippen LogP contribution in [0, 0.1) is 5.92 Å². The number of ether oxygens (including phenoxy) is 2. The van der Waals surface area contributed by atoms with E-state index >= 15 is 0 Å². The summed E-state index contributed by atoms with van der Waals surface area (Å²) >= 11 is 0. The number of amides is 3. The van der Waals surface area contributed by atoms with Gasteiger partial charge >= 0.3 is 0 Å². The number of fused-ring (bicyclic) bond motifs is 1. The van der Waals surface area contributed by atoms with E-state index in [0.29, 0.717) is 24.6 Å². The first-order valence-electron chi connectivity index (χ1n) is 12.8. The Balaban J connectivity index is 1.19. The Labute approximate surface area is 200 Å². The van der Waals surface area contributed by atoms with Crippen molar-refractivity contribution in [3.63, 3.8) is 0 Å². The van der Waals surface area contributed by atoms with Crippen molar-refractivity contribution in [2.24, 2.45) is 5.92 Å². The van der Waals surface area contributed by atoms with E-state index < -0.39 is 6.04 Å². The molecule has 0 radical (unpaired) electrons. The summed E-state index contributed by atoms with van der Waals surface area (Å²) in [5.41, 5.74) is 1.50. The summed E-state index contributed by atoms with van der Waals surface area (Å²) in [7, 11) is 0. The molecule has 3 aliphatic heterocycles. The summed E-state index contributed by atoms with van der Waals surface area (Å²) in [6.45, 7) is 3.16. The Kier molecular flexibility index (Phi) is 7.15. The third kappa shape index (κ3) is 5.13. The second kappa shape index (κ2) is 10.4. The molecule has 3 atom stereocenters. The Bertz CT molecular complexity index is 929. The average Bonchev–Trinajstić information content (AvgIpc) is 3.16. The Morgan fingerprint density at radius 1 is 1.06 bits per heavy atom. The van der Waals surface area contributed by atoms with Crippen LogP contribution < -0.4 is 15.4 Å². The molecule has 8 heteroatoms. The quantitative estimate of drug-likeness (QED) is 0.596. The van der Waals surface area contributed by atoms with Gasteiger partial charge in [0.15, 0.2) is 0 Å². The van der Waals surface area contributed by atoms with Crippen LogP contribution in [0.25, 0.3) is 0 Å². The zero-order valence-electron chi connectivity index (χ0n) is 19.7. The lowest BCUT2D eigenvalue weighted by Gasteiger charge is -2.33. The maximum Gasteiger partial charge on any atom is 0.255 e. The normalized spacial score (nSPS) is 28.1. The first kappa shape index (κ1) is 23.3. The minimum absolute atomic E-state index is 0.116. The summed E-state index contributed by atoms with van der Waals surface area (Å²) in [5.74, 6) is 0.724. The molecule has 1 saturated carbocycles. The van der Waals surface area contributed by atoms with Crippen molar-refractivity contribution >= 4 is 17.7 Å². The zero-order chi connectivity index (χ0) is 23.5. The van der Waals surface area contributed by atoms with Crippen LogP contribution in [-0.4, -0.2) is 60.6 Å². The summed E-state index contributed by atoms with van der Waals surface area (Å²) in [5, 5.41) is 6.11. The van der Waals surface area contributed by atoms with Crippen LogP contribution in [0.4, 0.5) is 0 Å². The molecule has 0 aromatic heterocycles. The maximum absolute atomic E-state index is 12.9. The second-order valence-electron chi connectivity index (χ2n) is 10.1. The third-order valence-electron chi connectivity index (χ3n) is 7.78. The van der Waals surface area contributed by atoms with E-state index in [-0.39, 0.29) is 30.2 Å². The molecule has 5 rings (SSSR count). The van der Waals surface area contributed by atoms with Crippen LogP contribution in [0.5, 0.6) is 5.75 Å².